The molecule has 1 aliphatic rings. The zero-order valence-electron chi connectivity index (χ0n) is 14.8. The topological polar surface area (TPSA) is 60.5 Å². The van der Waals surface area contributed by atoms with E-state index in [0.29, 0.717) is 36.5 Å². The lowest BCUT2D eigenvalue weighted by molar-refractivity contribution is -0.213. The zero-order chi connectivity index (χ0) is 17.5. The average molecular weight is 449 g/mol. The van der Waals surface area contributed by atoms with Crippen molar-refractivity contribution in [2.45, 2.75) is 59.3 Å². The Balaban J connectivity index is 2.14. The second kappa shape index (κ2) is 9.65. The van der Waals surface area contributed by atoms with Gasteiger partial charge in [-0.15, -0.1) is 0 Å². The standard InChI is InChI=1S/C18H28INO4/c1-4-7-8-12(5-2)9-13-10-14-15(18(21)22-6-3)20-17(19)16(14)24-23-11-13/h12-13,20H,4-11H2,1-3H3. The van der Waals surface area contributed by atoms with Gasteiger partial charge >= 0.3 is 5.97 Å². The highest BCUT2D eigenvalue weighted by molar-refractivity contribution is 14.1. The molecule has 0 saturated carbocycles. The molecule has 2 atom stereocenters. The summed E-state index contributed by atoms with van der Waals surface area (Å²) in [6.45, 7) is 7.22. The Hall–Kier alpha value is -0.760. The smallest absolute Gasteiger partial charge is 0.355 e. The van der Waals surface area contributed by atoms with Gasteiger partial charge in [-0.3, -0.25) is 0 Å². The Labute approximate surface area is 157 Å². The number of hydrogen-bond acceptors (Lipinski definition) is 4. The number of H-pyrrole nitrogens is 1. The molecule has 0 aliphatic carbocycles. The number of carbonyl (C=O) groups is 1. The second-order valence-electron chi connectivity index (χ2n) is 6.43. The number of aromatic nitrogens is 1. The number of ether oxygens (including phenoxy) is 1. The Morgan fingerprint density at radius 2 is 2.21 bits per heavy atom. The van der Waals surface area contributed by atoms with Crippen LogP contribution in [-0.2, 0) is 16.0 Å². The van der Waals surface area contributed by atoms with E-state index in [4.69, 9.17) is 14.5 Å². The van der Waals surface area contributed by atoms with Crippen molar-refractivity contribution >= 4 is 28.6 Å². The van der Waals surface area contributed by atoms with E-state index in [2.05, 4.69) is 41.4 Å². The second-order valence-corrected chi connectivity index (χ2v) is 7.51. The van der Waals surface area contributed by atoms with E-state index >= 15 is 0 Å². The Bertz CT molecular complexity index is 543. The molecule has 0 saturated heterocycles. The van der Waals surface area contributed by atoms with Gasteiger partial charge in [0, 0.05) is 5.56 Å². The van der Waals surface area contributed by atoms with Crippen molar-refractivity contribution in [2.24, 2.45) is 11.8 Å². The highest BCUT2D eigenvalue weighted by Crippen LogP contribution is 2.36. The molecule has 2 heterocycles. The van der Waals surface area contributed by atoms with E-state index in [1.807, 2.05) is 6.92 Å². The number of hydrogen-bond donors (Lipinski definition) is 1. The summed E-state index contributed by atoms with van der Waals surface area (Å²) in [5, 5.41) is 0. The van der Waals surface area contributed by atoms with Crippen LogP contribution in [0.2, 0.25) is 0 Å². The predicted octanol–water partition coefficient (Wildman–Crippen LogP) is 4.89. The molecule has 0 aromatic carbocycles. The monoisotopic (exact) mass is 449 g/mol. The summed E-state index contributed by atoms with van der Waals surface area (Å²) in [5.74, 6) is 1.37. The van der Waals surface area contributed by atoms with E-state index in [9.17, 15) is 4.79 Å². The SMILES string of the molecule is CCCCC(CC)CC1COOc2c(I)[nH]c(C(=O)OCC)c2C1. The van der Waals surface area contributed by atoms with E-state index < -0.39 is 0 Å². The summed E-state index contributed by atoms with van der Waals surface area (Å²) in [4.78, 5) is 26.2. The average Bonchev–Trinajstić information content (AvgIpc) is 2.75. The van der Waals surface area contributed by atoms with Gasteiger partial charge in [0.2, 0.25) is 5.75 Å². The normalized spacial score (nSPS) is 18.4. The Kier molecular flexibility index (Phi) is 7.87. The van der Waals surface area contributed by atoms with Gasteiger partial charge in [-0.05, 0) is 54.2 Å². The maximum atomic E-state index is 12.2. The van der Waals surface area contributed by atoms with Gasteiger partial charge in [0.05, 0.1) is 13.2 Å². The highest BCUT2D eigenvalue weighted by atomic mass is 127. The Morgan fingerprint density at radius 1 is 1.42 bits per heavy atom. The lowest BCUT2D eigenvalue weighted by atomic mass is 9.86. The lowest BCUT2D eigenvalue weighted by Crippen LogP contribution is -2.17. The molecule has 24 heavy (non-hydrogen) atoms. The third-order valence-electron chi connectivity index (χ3n) is 4.64. The summed E-state index contributed by atoms with van der Waals surface area (Å²) in [7, 11) is 0. The van der Waals surface area contributed by atoms with Crippen molar-refractivity contribution in [2.75, 3.05) is 13.2 Å². The van der Waals surface area contributed by atoms with Gasteiger partial charge in [-0.2, -0.15) is 4.89 Å². The van der Waals surface area contributed by atoms with Crippen molar-refractivity contribution in [1.82, 2.24) is 4.98 Å². The molecule has 136 valence electrons. The first-order chi connectivity index (χ1) is 11.6. The van der Waals surface area contributed by atoms with Crippen molar-refractivity contribution in [1.29, 1.82) is 0 Å². The van der Waals surface area contributed by atoms with Gasteiger partial charge in [0.1, 0.15) is 9.39 Å². The fraction of sp³-hybridized carbons (Fsp3) is 0.722. The van der Waals surface area contributed by atoms with Gasteiger partial charge in [0.25, 0.3) is 0 Å². The third-order valence-corrected chi connectivity index (χ3v) is 5.40. The van der Waals surface area contributed by atoms with Gasteiger partial charge < -0.3 is 14.6 Å². The number of aromatic amines is 1. The van der Waals surface area contributed by atoms with Gasteiger partial charge in [0.15, 0.2) is 0 Å². The van der Waals surface area contributed by atoms with Crippen molar-refractivity contribution in [3.63, 3.8) is 0 Å². The van der Waals surface area contributed by atoms with Crippen molar-refractivity contribution in [3.05, 3.63) is 15.0 Å². The number of nitrogens with one attached hydrogen (secondary N) is 1. The fourth-order valence-corrected chi connectivity index (χ4v) is 3.97. The fourth-order valence-electron chi connectivity index (χ4n) is 3.29. The molecule has 1 aromatic rings. The number of rotatable bonds is 8. The summed E-state index contributed by atoms with van der Waals surface area (Å²) in [5.41, 5.74) is 1.40. The maximum Gasteiger partial charge on any atom is 0.355 e. The van der Waals surface area contributed by atoms with Crippen LogP contribution in [0.15, 0.2) is 0 Å². The molecule has 2 rings (SSSR count). The molecule has 6 heteroatoms. The molecule has 0 fully saturated rings. The van der Waals surface area contributed by atoms with E-state index in [-0.39, 0.29) is 5.97 Å². The van der Waals surface area contributed by atoms with Crippen molar-refractivity contribution in [3.8, 4) is 5.75 Å². The minimum absolute atomic E-state index is 0.320. The summed E-state index contributed by atoms with van der Waals surface area (Å²) in [6.07, 6.45) is 6.82. The maximum absolute atomic E-state index is 12.2. The number of unbranched alkanes of at least 4 members (excludes halogenated alkanes) is 1. The van der Waals surface area contributed by atoms with Crippen LogP contribution >= 0.6 is 22.6 Å². The van der Waals surface area contributed by atoms with Crippen LogP contribution in [0, 0.1) is 15.5 Å². The molecule has 0 bridgehead atoms. The molecule has 1 N–H and O–H groups in total. The lowest BCUT2D eigenvalue weighted by Gasteiger charge is -2.20. The van der Waals surface area contributed by atoms with E-state index in [1.165, 1.54) is 25.7 Å². The molecule has 0 amide bonds. The first kappa shape index (κ1) is 19.6. The molecular formula is C18H28INO4. The molecule has 5 nitrogen and oxygen atoms in total. The van der Waals surface area contributed by atoms with Crippen LogP contribution in [0.1, 0.15) is 68.9 Å². The van der Waals surface area contributed by atoms with E-state index in [1.54, 1.807) is 0 Å². The summed E-state index contributed by atoms with van der Waals surface area (Å²) >= 11 is 2.13. The largest absolute Gasteiger partial charge is 0.461 e. The van der Waals surface area contributed by atoms with Crippen LogP contribution in [0.25, 0.3) is 0 Å². The molecule has 0 radical (unpaired) electrons. The number of carbonyl (C=O) groups excluding carboxylic acids is 1. The molecule has 0 spiro atoms. The Morgan fingerprint density at radius 3 is 2.88 bits per heavy atom. The zero-order valence-corrected chi connectivity index (χ0v) is 17.0. The van der Waals surface area contributed by atoms with Crippen LogP contribution < -0.4 is 4.89 Å². The molecule has 1 aliphatic heterocycles. The minimum atomic E-state index is -0.320. The van der Waals surface area contributed by atoms with Gasteiger partial charge in [-0.25, -0.2) is 4.79 Å². The van der Waals surface area contributed by atoms with Crippen LogP contribution in [0.3, 0.4) is 0 Å². The highest BCUT2D eigenvalue weighted by Gasteiger charge is 2.30. The van der Waals surface area contributed by atoms with Crippen LogP contribution in [0.4, 0.5) is 0 Å². The van der Waals surface area contributed by atoms with Gasteiger partial charge in [-0.1, -0.05) is 39.5 Å². The van der Waals surface area contributed by atoms with E-state index in [0.717, 1.165) is 22.1 Å². The first-order valence-corrected chi connectivity index (χ1v) is 10.0. The number of fused-ring (bicyclic) bond motifs is 1. The molecular weight excluding hydrogens is 421 g/mol. The van der Waals surface area contributed by atoms with Crippen LogP contribution in [0.5, 0.6) is 5.75 Å². The number of esters is 1. The molecule has 2 unspecified atom stereocenters. The molecule has 1 aromatic heterocycles. The number of halogens is 1. The third kappa shape index (κ3) is 4.88. The van der Waals surface area contributed by atoms with Crippen LogP contribution in [-0.4, -0.2) is 24.2 Å². The predicted molar refractivity (Wildman–Crippen MR) is 101 cm³/mol. The first-order valence-electron chi connectivity index (χ1n) is 8.97. The minimum Gasteiger partial charge on any atom is -0.461 e. The quantitative estimate of drug-likeness (QED) is 0.349. The summed E-state index contributed by atoms with van der Waals surface area (Å²) in [6, 6.07) is 0. The summed E-state index contributed by atoms with van der Waals surface area (Å²) < 4.78 is 5.95. The van der Waals surface area contributed by atoms with Crippen molar-refractivity contribution < 1.29 is 19.3 Å².